The van der Waals surface area contributed by atoms with Crippen molar-refractivity contribution < 1.29 is 0 Å². The molecule has 0 bridgehead atoms. The van der Waals surface area contributed by atoms with E-state index in [0.717, 1.165) is 5.02 Å². The van der Waals surface area contributed by atoms with Crippen LogP contribution in [0.5, 0.6) is 0 Å². The van der Waals surface area contributed by atoms with Crippen molar-refractivity contribution in [1.29, 1.82) is 0 Å². The predicted octanol–water partition coefficient (Wildman–Crippen LogP) is 5.37. The molecule has 0 heterocycles. The van der Waals surface area contributed by atoms with E-state index in [4.69, 9.17) is 11.6 Å². The van der Waals surface area contributed by atoms with E-state index in [1.165, 1.54) is 29.5 Å². The van der Waals surface area contributed by atoms with Gasteiger partial charge in [-0.1, -0.05) is 54.9 Å². The number of halogens is 1. The van der Waals surface area contributed by atoms with Gasteiger partial charge in [0.15, 0.2) is 0 Å². The van der Waals surface area contributed by atoms with Crippen molar-refractivity contribution in [3.63, 3.8) is 0 Å². The second-order valence-corrected chi connectivity index (χ2v) is 5.65. The second kappa shape index (κ2) is 4.78. The number of hydrogen-bond donors (Lipinski definition) is 0. The van der Waals surface area contributed by atoms with Crippen LogP contribution in [0.2, 0.25) is 5.02 Å². The second-order valence-electron chi connectivity index (χ2n) is 5.21. The molecule has 3 rings (SSSR count). The molecule has 2 atom stereocenters. The average Bonchev–Trinajstić information content (AvgIpc) is 2.41. The zero-order chi connectivity index (χ0) is 12.5. The van der Waals surface area contributed by atoms with Gasteiger partial charge in [0, 0.05) is 10.9 Å². The zero-order valence-electron chi connectivity index (χ0n) is 10.6. The van der Waals surface area contributed by atoms with Crippen molar-refractivity contribution in [2.24, 2.45) is 0 Å². The van der Waals surface area contributed by atoms with Crippen LogP contribution in [0.4, 0.5) is 0 Å². The molecule has 2 unspecified atom stereocenters. The molecule has 0 saturated heterocycles. The van der Waals surface area contributed by atoms with E-state index in [2.05, 4.69) is 43.3 Å². The van der Waals surface area contributed by atoms with Gasteiger partial charge in [-0.25, -0.2) is 0 Å². The maximum Gasteiger partial charge on any atom is 0.0406 e. The van der Waals surface area contributed by atoms with Gasteiger partial charge in [-0.3, -0.25) is 0 Å². The molecular weight excluding hydrogens is 240 g/mol. The van der Waals surface area contributed by atoms with Crippen molar-refractivity contribution in [3.05, 3.63) is 70.2 Å². The van der Waals surface area contributed by atoms with Gasteiger partial charge in [0.2, 0.25) is 0 Å². The fourth-order valence-electron chi connectivity index (χ4n) is 3.05. The molecule has 1 heteroatoms. The smallest absolute Gasteiger partial charge is 0.0406 e. The molecule has 0 nitrogen and oxygen atoms in total. The van der Waals surface area contributed by atoms with Crippen molar-refractivity contribution >= 4 is 11.6 Å². The lowest BCUT2D eigenvalue weighted by atomic mass is 9.75. The third-order valence-electron chi connectivity index (χ3n) is 4.06. The van der Waals surface area contributed by atoms with E-state index in [1.54, 1.807) is 0 Å². The fraction of sp³-hybridized carbons (Fsp3) is 0.294. The third-order valence-corrected chi connectivity index (χ3v) is 4.32. The summed E-state index contributed by atoms with van der Waals surface area (Å²) < 4.78 is 0. The van der Waals surface area contributed by atoms with Crippen molar-refractivity contribution in [3.8, 4) is 0 Å². The molecule has 0 fully saturated rings. The summed E-state index contributed by atoms with van der Waals surface area (Å²) >= 11 is 5.97. The standard InChI is InChI=1S/C17H17Cl/c1-12-6-11-16(13-7-9-14(18)10-8-13)17-5-3-2-4-15(12)17/h2-5,7-10,12,16H,6,11H2,1H3. The van der Waals surface area contributed by atoms with Crippen LogP contribution in [0.15, 0.2) is 48.5 Å². The average molecular weight is 257 g/mol. The molecule has 2 aromatic rings. The Morgan fingerprint density at radius 1 is 0.889 bits per heavy atom. The SMILES string of the molecule is CC1CCC(c2ccc(Cl)cc2)c2ccccc21. The summed E-state index contributed by atoms with van der Waals surface area (Å²) in [4.78, 5) is 0. The molecule has 92 valence electrons. The van der Waals surface area contributed by atoms with E-state index >= 15 is 0 Å². The van der Waals surface area contributed by atoms with E-state index in [-0.39, 0.29) is 0 Å². The van der Waals surface area contributed by atoms with Crippen molar-refractivity contribution in [1.82, 2.24) is 0 Å². The molecule has 1 aliphatic carbocycles. The summed E-state index contributed by atoms with van der Waals surface area (Å²) in [5.74, 6) is 1.22. The predicted molar refractivity (Wildman–Crippen MR) is 77.4 cm³/mol. The first-order valence-electron chi connectivity index (χ1n) is 6.60. The highest BCUT2D eigenvalue weighted by Crippen LogP contribution is 2.41. The lowest BCUT2D eigenvalue weighted by Gasteiger charge is -2.30. The number of benzene rings is 2. The van der Waals surface area contributed by atoms with Gasteiger partial charge in [0.05, 0.1) is 0 Å². The van der Waals surface area contributed by atoms with Crippen LogP contribution < -0.4 is 0 Å². The van der Waals surface area contributed by atoms with Crippen molar-refractivity contribution in [2.75, 3.05) is 0 Å². The summed E-state index contributed by atoms with van der Waals surface area (Å²) in [6.45, 7) is 2.33. The summed E-state index contributed by atoms with van der Waals surface area (Å²) in [6.07, 6.45) is 2.50. The van der Waals surface area contributed by atoms with Gasteiger partial charge in [-0.15, -0.1) is 0 Å². The molecule has 0 aliphatic heterocycles. The Labute approximate surface area is 114 Å². The number of hydrogen-bond acceptors (Lipinski definition) is 0. The van der Waals surface area contributed by atoms with Crippen LogP contribution >= 0.6 is 11.6 Å². The van der Waals surface area contributed by atoms with Gasteiger partial charge < -0.3 is 0 Å². The molecular formula is C17H17Cl. The Balaban J connectivity index is 2.04. The molecule has 0 radical (unpaired) electrons. The summed E-state index contributed by atoms with van der Waals surface area (Å²) in [5, 5.41) is 0.816. The first-order chi connectivity index (χ1) is 8.75. The summed E-state index contributed by atoms with van der Waals surface area (Å²) in [5.41, 5.74) is 4.40. The monoisotopic (exact) mass is 256 g/mol. The van der Waals surface area contributed by atoms with Crippen LogP contribution in [-0.2, 0) is 0 Å². The molecule has 0 amide bonds. The van der Waals surface area contributed by atoms with Crippen molar-refractivity contribution in [2.45, 2.75) is 31.6 Å². The van der Waals surface area contributed by atoms with Crippen LogP contribution in [0.1, 0.15) is 48.3 Å². The Morgan fingerprint density at radius 2 is 1.56 bits per heavy atom. The van der Waals surface area contributed by atoms with Crippen LogP contribution in [0, 0.1) is 0 Å². The maximum absolute atomic E-state index is 5.97. The fourth-order valence-corrected chi connectivity index (χ4v) is 3.17. The van der Waals surface area contributed by atoms with Gasteiger partial charge in [0.1, 0.15) is 0 Å². The molecule has 2 aromatic carbocycles. The molecule has 18 heavy (non-hydrogen) atoms. The molecule has 0 N–H and O–H groups in total. The van der Waals surface area contributed by atoms with Gasteiger partial charge >= 0.3 is 0 Å². The highest BCUT2D eigenvalue weighted by atomic mass is 35.5. The van der Waals surface area contributed by atoms with Crippen LogP contribution in [0.25, 0.3) is 0 Å². The molecule has 0 saturated carbocycles. The van der Waals surface area contributed by atoms with E-state index in [9.17, 15) is 0 Å². The highest BCUT2D eigenvalue weighted by molar-refractivity contribution is 6.30. The van der Waals surface area contributed by atoms with E-state index < -0.39 is 0 Å². The Morgan fingerprint density at radius 3 is 2.28 bits per heavy atom. The molecule has 0 aromatic heterocycles. The minimum atomic E-state index is 0.537. The first-order valence-corrected chi connectivity index (χ1v) is 6.98. The third kappa shape index (κ3) is 2.06. The topological polar surface area (TPSA) is 0 Å². The van der Waals surface area contributed by atoms with Crippen LogP contribution in [-0.4, -0.2) is 0 Å². The quantitative estimate of drug-likeness (QED) is 0.644. The maximum atomic E-state index is 5.97. The lowest BCUT2D eigenvalue weighted by molar-refractivity contribution is 0.545. The Bertz CT molecular complexity index is 542. The van der Waals surface area contributed by atoms with Gasteiger partial charge in [0.25, 0.3) is 0 Å². The minimum Gasteiger partial charge on any atom is -0.0843 e. The Hall–Kier alpha value is -1.27. The lowest BCUT2D eigenvalue weighted by Crippen LogP contribution is -2.13. The first kappa shape index (κ1) is 11.8. The normalized spacial score (nSPS) is 22.6. The Kier molecular flexibility index (Phi) is 3.13. The van der Waals surface area contributed by atoms with Crippen LogP contribution in [0.3, 0.4) is 0 Å². The van der Waals surface area contributed by atoms with E-state index in [1.807, 2.05) is 12.1 Å². The van der Waals surface area contributed by atoms with Gasteiger partial charge in [-0.2, -0.15) is 0 Å². The minimum absolute atomic E-state index is 0.537. The zero-order valence-corrected chi connectivity index (χ0v) is 11.3. The highest BCUT2D eigenvalue weighted by Gasteiger charge is 2.25. The van der Waals surface area contributed by atoms with Gasteiger partial charge in [-0.05, 0) is 47.6 Å². The largest absolute Gasteiger partial charge is 0.0843 e. The summed E-state index contributed by atoms with van der Waals surface area (Å²) in [7, 11) is 0. The molecule has 1 aliphatic rings. The molecule has 0 spiro atoms. The number of rotatable bonds is 1. The summed E-state index contributed by atoms with van der Waals surface area (Å²) in [6, 6.07) is 17.2. The van der Waals surface area contributed by atoms with E-state index in [0.29, 0.717) is 11.8 Å². The number of fused-ring (bicyclic) bond motifs is 1.